The first-order valence-electron chi connectivity index (χ1n) is 4.53. The Kier molecular flexibility index (Phi) is 3.89. The van der Waals surface area contributed by atoms with Gasteiger partial charge >= 0.3 is 5.97 Å². The van der Waals surface area contributed by atoms with Crippen LogP contribution in [0.25, 0.3) is 0 Å². The molecule has 4 nitrogen and oxygen atoms in total. The van der Waals surface area contributed by atoms with Crippen LogP contribution in [0.4, 0.5) is 0 Å². The summed E-state index contributed by atoms with van der Waals surface area (Å²) >= 11 is 0. The van der Waals surface area contributed by atoms with Crippen LogP contribution in [0, 0.1) is 0 Å². The van der Waals surface area contributed by atoms with Crippen LogP contribution in [-0.4, -0.2) is 29.6 Å². The second-order valence-electron chi connectivity index (χ2n) is 3.33. The van der Waals surface area contributed by atoms with Crippen molar-refractivity contribution >= 4 is 11.8 Å². The highest BCUT2D eigenvalue weighted by Crippen LogP contribution is 2.20. The lowest BCUT2D eigenvalue weighted by Gasteiger charge is -2.08. The number of hydrogen-bond acceptors (Lipinski definition) is 3. The SMILES string of the molecule is O=C(O)CC(=O)COC1CCCC1. The van der Waals surface area contributed by atoms with Crippen LogP contribution < -0.4 is 0 Å². The Bertz CT molecular complexity index is 194. The van der Waals surface area contributed by atoms with E-state index in [4.69, 9.17) is 9.84 Å². The summed E-state index contributed by atoms with van der Waals surface area (Å²) in [7, 11) is 0. The third kappa shape index (κ3) is 4.03. The predicted octanol–water partition coefficient (Wildman–Crippen LogP) is 0.989. The number of carbonyl (C=O) groups excluding carboxylic acids is 1. The van der Waals surface area contributed by atoms with E-state index in [0.717, 1.165) is 25.7 Å². The van der Waals surface area contributed by atoms with Gasteiger partial charge in [-0.1, -0.05) is 12.8 Å². The van der Waals surface area contributed by atoms with Crippen LogP contribution >= 0.6 is 0 Å². The first-order valence-corrected chi connectivity index (χ1v) is 4.53. The number of rotatable bonds is 5. The van der Waals surface area contributed by atoms with E-state index in [1.165, 1.54) is 0 Å². The Balaban J connectivity index is 2.10. The topological polar surface area (TPSA) is 63.6 Å². The number of ether oxygens (including phenoxy) is 1. The predicted molar refractivity (Wildman–Crippen MR) is 45.5 cm³/mol. The molecule has 0 spiro atoms. The van der Waals surface area contributed by atoms with Gasteiger partial charge in [0, 0.05) is 0 Å². The number of carbonyl (C=O) groups is 2. The highest BCUT2D eigenvalue weighted by atomic mass is 16.5. The van der Waals surface area contributed by atoms with Crippen LogP contribution in [-0.2, 0) is 14.3 Å². The maximum atomic E-state index is 10.9. The van der Waals surface area contributed by atoms with Gasteiger partial charge in [-0.25, -0.2) is 0 Å². The summed E-state index contributed by atoms with van der Waals surface area (Å²) in [6.45, 7) is -0.0447. The molecule has 1 rings (SSSR count). The normalized spacial score (nSPS) is 17.5. The van der Waals surface area contributed by atoms with Gasteiger partial charge < -0.3 is 9.84 Å². The summed E-state index contributed by atoms with van der Waals surface area (Å²) in [4.78, 5) is 21.0. The molecule has 0 atom stereocenters. The zero-order valence-corrected chi connectivity index (χ0v) is 7.49. The summed E-state index contributed by atoms with van der Waals surface area (Å²) in [5.41, 5.74) is 0. The van der Waals surface area contributed by atoms with Crippen LogP contribution in [0.15, 0.2) is 0 Å². The van der Waals surface area contributed by atoms with Crippen molar-refractivity contribution in [1.82, 2.24) is 0 Å². The van der Waals surface area contributed by atoms with Crippen molar-refractivity contribution < 1.29 is 19.4 Å². The Hall–Kier alpha value is -0.900. The Labute approximate surface area is 76.9 Å². The first-order chi connectivity index (χ1) is 6.18. The largest absolute Gasteiger partial charge is 0.481 e. The number of ketones is 1. The van der Waals surface area contributed by atoms with Gasteiger partial charge in [0.05, 0.1) is 6.10 Å². The Morgan fingerprint density at radius 3 is 2.46 bits per heavy atom. The van der Waals surface area contributed by atoms with Gasteiger partial charge in [-0.15, -0.1) is 0 Å². The summed E-state index contributed by atoms with van der Waals surface area (Å²) < 4.78 is 5.25. The van der Waals surface area contributed by atoms with E-state index in [0.29, 0.717) is 0 Å². The van der Waals surface area contributed by atoms with Crippen molar-refractivity contribution in [2.75, 3.05) is 6.61 Å². The minimum atomic E-state index is -1.08. The minimum absolute atomic E-state index is 0.0447. The van der Waals surface area contributed by atoms with Gasteiger partial charge in [-0.05, 0) is 12.8 Å². The number of hydrogen-bond donors (Lipinski definition) is 1. The molecule has 0 radical (unpaired) electrons. The van der Waals surface area contributed by atoms with Gasteiger partial charge in [-0.2, -0.15) is 0 Å². The van der Waals surface area contributed by atoms with Crippen LogP contribution in [0.5, 0.6) is 0 Å². The molecule has 1 fully saturated rings. The highest BCUT2D eigenvalue weighted by molar-refractivity contribution is 5.95. The average Bonchev–Trinajstić information content (AvgIpc) is 2.51. The summed E-state index contributed by atoms with van der Waals surface area (Å²) in [5.74, 6) is -1.43. The third-order valence-corrected chi connectivity index (χ3v) is 2.13. The van der Waals surface area contributed by atoms with Gasteiger partial charge in [0.2, 0.25) is 0 Å². The van der Waals surface area contributed by atoms with Gasteiger partial charge in [0.25, 0.3) is 0 Å². The van der Waals surface area contributed by atoms with Crippen molar-refractivity contribution in [3.8, 4) is 0 Å². The summed E-state index contributed by atoms with van der Waals surface area (Å²) in [6, 6.07) is 0. The van der Waals surface area contributed by atoms with E-state index in [2.05, 4.69) is 0 Å². The molecule has 0 aliphatic heterocycles. The Morgan fingerprint density at radius 2 is 1.92 bits per heavy atom. The monoisotopic (exact) mass is 186 g/mol. The highest BCUT2D eigenvalue weighted by Gasteiger charge is 2.17. The second-order valence-corrected chi connectivity index (χ2v) is 3.33. The van der Waals surface area contributed by atoms with E-state index < -0.39 is 12.4 Å². The lowest BCUT2D eigenvalue weighted by molar-refractivity contribution is -0.141. The van der Waals surface area contributed by atoms with Gasteiger partial charge in [0.15, 0.2) is 5.78 Å². The van der Waals surface area contributed by atoms with Crippen LogP contribution in [0.2, 0.25) is 0 Å². The maximum absolute atomic E-state index is 10.9. The van der Waals surface area contributed by atoms with Crippen molar-refractivity contribution in [2.45, 2.75) is 38.2 Å². The molecular weight excluding hydrogens is 172 g/mol. The number of carboxylic acid groups (broad SMARTS) is 1. The lowest BCUT2D eigenvalue weighted by atomic mass is 10.3. The van der Waals surface area contributed by atoms with E-state index in [9.17, 15) is 9.59 Å². The molecular formula is C9H14O4. The Morgan fingerprint density at radius 1 is 1.31 bits per heavy atom. The molecule has 0 amide bonds. The van der Waals surface area contributed by atoms with E-state index in [1.807, 2.05) is 0 Å². The molecule has 0 aromatic rings. The average molecular weight is 186 g/mol. The molecule has 0 aromatic carbocycles. The molecule has 1 aliphatic carbocycles. The standard InChI is InChI=1S/C9H14O4/c10-7(5-9(11)12)6-13-8-3-1-2-4-8/h8H,1-6H2,(H,11,12). The van der Waals surface area contributed by atoms with Crippen LogP contribution in [0.1, 0.15) is 32.1 Å². The van der Waals surface area contributed by atoms with Crippen LogP contribution in [0.3, 0.4) is 0 Å². The molecule has 1 N–H and O–H groups in total. The zero-order valence-electron chi connectivity index (χ0n) is 7.49. The maximum Gasteiger partial charge on any atom is 0.310 e. The fourth-order valence-corrected chi connectivity index (χ4v) is 1.49. The molecule has 0 heterocycles. The van der Waals surface area contributed by atoms with Crippen molar-refractivity contribution in [3.63, 3.8) is 0 Å². The molecule has 74 valence electrons. The van der Waals surface area contributed by atoms with E-state index in [-0.39, 0.29) is 18.5 Å². The third-order valence-electron chi connectivity index (χ3n) is 2.13. The van der Waals surface area contributed by atoms with Gasteiger partial charge in [-0.3, -0.25) is 9.59 Å². The zero-order chi connectivity index (χ0) is 9.68. The fraction of sp³-hybridized carbons (Fsp3) is 0.778. The minimum Gasteiger partial charge on any atom is -0.481 e. The molecule has 0 saturated heterocycles. The number of aliphatic carboxylic acids is 1. The molecule has 1 saturated carbocycles. The molecule has 0 bridgehead atoms. The van der Waals surface area contributed by atoms with Crippen molar-refractivity contribution in [3.05, 3.63) is 0 Å². The van der Waals surface area contributed by atoms with Crippen molar-refractivity contribution in [1.29, 1.82) is 0 Å². The quantitative estimate of drug-likeness (QED) is 0.650. The van der Waals surface area contributed by atoms with Crippen molar-refractivity contribution in [2.24, 2.45) is 0 Å². The first kappa shape index (κ1) is 10.2. The van der Waals surface area contributed by atoms with Gasteiger partial charge in [0.1, 0.15) is 13.0 Å². The molecule has 0 unspecified atom stereocenters. The lowest BCUT2D eigenvalue weighted by Crippen LogP contribution is -2.17. The molecule has 1 aliphatic rings. The second kappa shape index (κ2) is 4.97. The smallest absolute Gasteiger partial charge is 0.310 e. The molecule has 4 heteroatoms. The van der Waals surface area contributed by atoms with E-state index >= 15 is 0 Å². The van der Waals surface area contributed by atoms with E-state index in [1.54, 1.807) is 0 Å². The molecule has 0 aromatic heterocycles. The molecule has 13 heavy (non-hydrogen) atoms. The number of Topliss-reactive ketones (excluding diaryl/α,β-unsaturated/α-hetero) is 1. The number of carboxylic acids is 1. The fourth-order valence-electron chi connectivity index (χ4n) is 1.49. The summed E-state index contributed by atoms with van der Waals surface area (Å²) in [5, 5.41) is 8.30. The summed E-state index contributed by atoms with van der Waals surface area (Å²) in [6.07, 6.45) is 4.06.